The van der Waals surface area contributed by atoms with Gasteiger partial charge in [-0.25, -0.2) is 0 Å². The van der Waals surface area contributed by atoms with Gasteiger partial charge in [-0.2, -0.15) is 0 Å². The average Bonchev–Trinajstić information content (AvgIpc) is 2.31. The van der Waals surface area contributed by atoms with Gasteiger partial charge in [-0.3, -0.25) is 0 Å². The number of aryl methyl sites for hydroxylation is 3. The number of hydrogen-bond acceptors (Lipinski definition) is 3. The van der Waals surface area contributed by atoms with Crippen LogP contribution in [0.3, 0.4) is 0 Å². The summed E-state index contributed by atoms with van der Waals surface area (Å²) in [7, 11) is 0. The van der Waals surface area contributed by atoms with E-state index in [0.29, 0.717) is 6.61 Å². The third-order valence-electron chi connectivity index (χ3n) is 2.68. The van der Waals surface area contributed by atoms with Crippen LogP contribution in [0.5, 0.6) is 5.75 Å². The molecule has 0 aliphatic rings. The fourth-order valence-electron chi connectivity index (χ4n) is 1.69. The van der Waals surface area contributed by atoms with Crippen LogP contribution in [0.4, 0.5) is 0 Å². The number of ether oxygens (including phenoxy) is 3. The Kier molecular flexibility index (Phi) is 6.01. The molecule has 0 amide bonds. The summed E-state index contributed by atoms with van der Waals surface area (Å²) in [5, 5.41) is 0. The molecule has 0 aromatic heterocycles. The van der Waals surface area contributed by atoms with Gasteiger partial charge >= 0.3 is 0 Å². The van der Waals surface area contributed by atoms with Crippen LogP contribution in [0, 0.1) is 13.8 Å². The molecule has 1 aromatic rings. The molecule has 0 atom stereocenters. The molecule has 0 radical (unpaired) electrons. The largest absolute Gasteiger partial charge is 0.467 e. The van der Waals surface area contributed by atoms with Gasteiger partial charge in [0.2, 0.25) is 0 Å². The van der Waals surface area contributed by atoms with Gasteiger partial charge in [0.25, 0.3) is 0 Å². The molecule has 0 heterocycles. The van der Waals surface area contributed by atoms with Crippen LogP contribution in [0.2, 0.25) is 0 Å². The van der Waals surface area contributed by atoms with Gasteiger partial charge in [0.1, 0.15) is 5.75 Å². The molecule has 0 fully saturated rings. The van der Waals surface area contributed by atoms with E-state index in [1.54, 1.807) is 0 Å². The summed E-state index contributed by atoms with van der Waals surface area (Å²) in [6, 6.07) is 4.24. The Morgan fingerprint density at radius 3 is 2.35 bits per heavy atom. The Hall–Kier alpha value is -1.06. The highest BCUT2D eigenvalue weighted by Gasteiger charge is 2.04. The first-order valence-corrected chi connectivity index (χ1v) is 6.07. The summed E-state index contributed by atoms with van der Waals surface area (Å²) < 4.78 is 15.8. The van der Waals surface area contributed by atoms with Crippen molar-refractivity contribution in [3.05, 3.63) is 28.8 Å². The maximum absolute atomic E-state index is 5.58. The lowest BCUT2D eigenvalue weighted by Gasteiger charge is -2.12. The van der Waals surface area contributed by atoms with Crippen molar-refractivity contribution < 1.29 is 14.2 Å². The molecule has 3 nitrogen and oxygen atoms in total. The van der Waals surface area contributed by atoms with E-state index in [4.69, 9.17) is 14.2 Å². The van der Waals surface area contributed by atoms with E-state index in [9.17, 15) is 0 Å². The molecule has 0 aliphatic heterocycles. The maximum atomic E-state index is 5.58. The highest BCUT2D eigenvalue weighted by molar-refractivity contribution is 5.41. The van der Waals surface area contributed by atoms with Crippen molar-refractivity contribution in [2.45, 2.75) is 34.1 Å². The van der Waals surface area contributed by atoms with Crippen molar-refractivity contribution >= 4 is 0 Å². The van der Waals surface area contributed by atoms with Crippen LogP contribution in [-0.2, 0) is 15.9 Å². The average molecular weight is 238 g/mol. The molecule has 0 unspecified atom stereocenters. The zero-order chi connectivity index (χ0) is 12.7. The molecular weight excluding hydrogens is 216 g/mol. The molecular formula is C14H22O3. The minimum Gasteiger partial charge on any atom is -0.467 e. The molecule has 17 heavy (non-hydrogen) atoms. The van der Waals surface area contributed by atoms with Crippen LogP contribution in [0.15, 0.2) is 12.1 Å². The quantitative estimate of drug-likeness (QED) is 0.539. The second kappa shape index (κ2) is 7.30. The highest BCUT2D eigenvalue weighted by atomic mass is 16.7. The molecule has 1 rings (SSSR count). The predicted octanol–water partition coefficient (Wildman–Crippen LogP) is 3.21. The maximum Gasteiger partial charge on any atom is 0.191 e. The van der Waals surface area contributed by atoms with Crippen molar-refractivity contribution in [3.8, 4) is 5.75 Å². The summed E-state index contributed by atoms with van der Waals surface area (Å²) in [4.78, 5) is 0. The lowest BCUT2D eigenvalue weighted by Crippen LogP contribution is -2.07. The second-order valence-corrected chi connectivity index (χ2v) is 3.97. The Labute approximate surface area is 104 Å². The topological polar surface area (TPSA) is 27.7 Å². The fourth-order valence-corrected chi connectivity index (χ4v) is 1.69. The van der Waals surface area contributed by atoms with E-state index in [1.807, 2.05) is 13.8 Å². The van der Waals surface area contributed by atoms with E-state index in [1.165, 1.54) is 11.1 Å². The monoisotopic (exact) mass is 238 g/mol. The van der Waals surface area contributed by atoms with Gasteiger partial charge in [0.15, 0.2) is 13.6 Å². The summed E-state index contributed by atoms with van der Waals surface area (Å²) in [5.74, 6) is 0.893. The molecule has 96 valence electrons. The van der Waals surface area contributed by atoms with Gasteiger partial charge in [0, 0.05) is 6.61 Å². The van der Waals surface area contributed by atoms with Crippen molar-refractivity contribution in [2.24, 2.45) is 0 Å². The number of rotatable bonds is 7. The van der Waals surface area contributed by atoms with Crippen LogP contribution < -0.4 is 4.74 Å². The Morgan fingerprint density at radius 1 is 0.941 bits per heavy atom. The highest BCUT2D eigenvalue weighted by Crippen LogP contribution is 2.23. The minimum absolute atomic E-state index is 0.229. The minimum atomic E-state index is 0.229. The summed E-state index contributed by atoms with van der Waals surface area (Å²) >= 11 is 0. The molecule has 0 N–H and O–H groups in total. The SMILES string of the molecule is CCOCOCOc1cc(CC)c(C)cc1C. The van der Waals surface area contributed by atoms with E-state index < -0.39 is 0 Å². The predicted molar refractivity (Wildman–Crippen MR) is 68.4 cm³/mol. The van der Waals surface area contributed by atoms with Gasteiger partial charge in [0.05, 0.1) is 0 Å². The molecule has 0 saturated carbocycles. The van der Waals surface area contributed by atoms with Crippen LogP contribution in [-0.4, -0.2) is 20.2 Å². The van der Waals surface area contributed by atoms with Crippen molar-refractivity contribution in [2.75, 3.05) is 20.2 Å². The summed E-state index contributed by atoms with van der Waals surface area (Å²) in [6.45, 7) is 9.42. The lowest BCUT2D eigenvalue weighted by atomic mass is 10.0. The summed E-state index contributed by atoms with van der Waals surface area (Å²) in [6.07, 6.45) is 1.02. The Bertz CT molecular complexity index is 348. The first-order chi connectivity index (χ1) is 8.19. The van der Waals surface area contributed by atoms with Gasteiger partial charge in [-0.15, -0.1) is 0 Å². The van der Waals surface area contributed by atoms with Crippen LogP contribution in [0.25, 0.3) is 0 Å². The third-order valence-corrected chi connectivity index (χ3v) is 2.68. The van der Waals surface area contributed by atoms with Gasteiger partial charge < -0.3 is 14.2 Å². The first kappa shape index (κ1) is 14.0. The third kappa shape index (κ3) is 4.36. The number of hydrogen-bond donors (Lipinski definition) is 0. The Morgan fingerprint density at radius 2 is 1.71 bits per heavy atom. The molecule has 3 heteroatoms. The zero-order valence-electron chi connectivity index (χ0n) is 11.2. The van der Waals surface area contributed by atoms with Crippen molar-refractivity contribution in [3.63, 3.8) is 0 Å². The molecule has 0 bridgehead atoms. The second-order valence-electron chi connectivity index (χ2n) is 3.97. The molecule has 0 saturated heterocycles. The van der Waals surface area contributed by atoms with Crippen molar-refractivity contribution in [1.29, 1.82) is 0 Å². The Balaban J connectivity index is 2.52. The standard InChI is InChI=1S/C14H22O3/c1-5-13-8-14(12(4)7-11(13)3)17-10-16-9-15-6-2/h7-8H,5-6,9-10H2,1-4H3. The van der Waals surface area contributed by atoms with E-state index in [0.717, 1.165) is 17.7 Å². The van der Waals surface area contributed by atoms with Gasteiger partial charge in [-0.1, -0.05) is 13.0 Å². The van der Waals surface area contributed by atoms with E-state index in [-0.39, 0.29) is 13.6 Å². The van der Waals surface area contributed by atoms with Gasteiger partial charge in [-0.05, 0) is 49.9 Å². The molecule has 0 aliphatic carbocycles. The van der Waals surface area contributed by atoms with Crippen LogP contribution >= 0.6 is 0 Å². The normalized spacial score (nSPS) is 10.6. The molecule has 0 spiro atoms. The first-order valence-electron chi connectivity index (χ1n) is 6.07. The molecule has 1 aromatic carbocycles. The zero-order valence-corrected chi connectivity index (χ0v) is 11.2. The lowest BCUT2D eigenvalue weighted by molar-refractivity contribution is -0.0961. The van der Waals surface area contributed by atoms with Crippen LogP contribution in [0.1, 0.15) is 30.5 Å². The van der Waals surface area contributed by atoms with E-state index >= 15 is 0 Å². The smallest absolute Gasteiger partial charge is 0.191 e. The van der Waals surface area contributed by atoms with E-state index in [2.05, 4.69) is 26.0 Å². The fraction of sp³-hybridized carbons (Fsp3) is 0.571. The number of benzene rings is 1. The van der Waals surface area contributed by atoms with Crippen molar-refractivity contribution in [1.82, 2.24) is 0 Å². The summed E-state index contributed by atoms with van der Waals surface area (Å²) in [5.41, 5.74) is 3.77.